The van der Waals surface area contributed by atoms with Crippen molar-refractivity contribution in [2.75, 3.05) is 52.9 Å². The standard InChI is InChI=1S/C35H38Cl2N6O5S2/c1-22-7-6-8-28-31(22)40-34(43(28)35(45)39-25-10-12-27(13-11-25)41(19-16-36)20-17-37)42-18-15-26(21-42)38-33(44)24(3)30-29(50(46,47)48)14-9-23(2)32(30)49(4)5/h6-15,18,21,24H,16-17,19-20H2,1-5H3,(H2-,38,39,44,45,46,47,48)/p+1. The number of nitrogens with one attached hydrogen (secondary N) is 2. The molecule has 0 aliphatic heterocycles. The molecule has 0 saturated carbocycles. The van der Waals surface area contributed by atoms with Crippen molar-refractivity contribution < 1.29 is 22.6 Å². The Bertz CT molecular complexity index is 2140. The van der Waals surface area contributed by atoms with Gasteiger partial charge in [-0.3, -0.25) is 13.9 Å². The van der Waals surface area contributed by atoms with Gasteiger partial charge in [-0.05, 0) is 68.8 Å². The Morgan fingerprint density at radius 2 is 1.62 bits per heavy atom. The van der Waals surface area contributed by atoms with Crippen molar-refractivity contribution in [3.8, 4) is 5.95 Å². The summed E-state index contributed by atoms with van der Waals surface area (Å²) in [5.41, 5.74) is 5.12. The maximum Gasteiger partial charge on any atom is 0.333 e. The van der Waals surface area contributed by atoms with Gasteiger partial charge in [0, 0.05) is 70.6 Å². The summed E-state index contributed by atoms with van der Waals surface area (Å²) >= 11 is 11.9. The molecule has 2 heterocycles. The summed E-state index contributed by atoms with van der Waals surface area (Å²) in [4.78, 5) is 34.8. The number of halogens is 2. The molecule has 3 aromatic carbocycles. The molecular formula is C35H39Cl2N6O5S2+. The number of para-hydroxylation sites is 1. The molecule has 0 saturated heterocycles. The van der Waals surface area contributed by atoms with E-state index in [9.17, 15) is 22.6 Å². The van der Waals surface area contributed by atoms with E-state index in [4.69, 9.17) is 28.2 Å². The highest BCUT2D eigenvalue weighted by Gasteiger charge is 2.33. The van der Waals surface area contributed by atoms with Crippen molar-refractivity contribution in [3.63, 3.8) is 0 Å². The second-order valence-electron chi connectivity index (χ2n) is 12.0. The van der Waals surface area contributed by atoms with Gasteiger partial charge >= 0.3 is 6.03 Å². The number of amides is 2. The number of aryl methyl sites for hydroxylation is 2. The number of nitrogens with zero attached hydrogens (tertiary/aromatic N) is 4. The van der Waals surface area contributed by atoms with Crippen molar-refractivity contribution in [2.45, 2.75) is 36.5 Å². The number of aromatic nitrogens is 3. The molecule has 0 radical (unpaired) electrons. The topological polar surface area (TPSA) is 139 Å². The van der Waals surface area contributed by atoms with Gasteiger partial charge in [0.2, 0.25) is 11.9 Å². The van der Waals surface area contributed by atoms with Crippen molar-refractivity contribution in [3.05, 3.63) is 89.7 Å². The molecule has 0 aliphatic rings. The van der Waals surface area contributed by atoms with Crippen LogP contribution in [0.4, 0.5) is 21.9 Å². The van der Waals surface area contributed by atoms with E-state index in [1.54, 1.807) is 36.0 Å². The fraction of sp³-hybridized carbons (Fsp3) is 0.286. The minimum Gasteiger partial charge on any atom is -0.369 e. The normalized spacial score (nSPS) is 12.3. The van der Waals surface area contributed by atoms with Gasteiger partial charge < -0.3 is 15.5 Å². The van der Waals surface area contributed by atoms with Crippen LogP contribution in [-0.2, 0) is 25.8 Å². The van der Waals surface area contributed by atoms with Crippen LogP contribution in [0.25, 0.3) is 17.0 Å². The van der Waals surface area contributed by atoms with Crippen LogP contribution in [0.5, 0.6) is 0 Å². The van der Waals surface area contributed by atoms with E-state index < -0.39 is 38.9 Å². The molecule has 3 N–H and O–H groups in total. The zero-order valence-electron chi connectivity index (χ0n) is 28.3. The van der Waals surface area contributed by atoms with E-state index in [1.165, 1.54) is 10.6 Å². The number of carbonyl (C=O) groups is 2. The fourth-order valence-electron chi connectivity index (χ4n) is 5.95. The predicted molar refractivity (Wildman–Crippen MR) is 204 cm³/mol. The highest BCUT2D eigenvalue weighted by Crippen LogP contribution is 2.34. The first-order valence-corrected chi connectivity index (χ1v) is 20.2. The van der Waals surface area contributed by atoms with Gasteiger partial charge in [-0.25, -0.2) is 14.3 Å². The van der Waals surface area contributed by atoms with Crippen LogP contribution in [0.1, 0.15) is 29.5 Å². The molecule has 2 aromatic heterocycles. The highest BCUT2D eigenvalue weighted by molar-refractivity contribution is 7.95. The molecule has 1 atom stereocenters. The quantitative estimate of drug-likeness (QED) is 0.0706. The molecule has 264 valence electrons. The van der Waals surface area contributed by atoms with E-state index in [2.05, 4.69) is 15.5 Å². The van der Waals surface area contributed by atoms with Crippen LogP contribution in [0.2, 0.25) is 0 Å². The van der Waals surface area contributed by atoms with Crippen LogP contribution in [0.3, 0.4) is 0 Å². The van der Waals surface area contributed by atoms with Crippen molar-refractivity contribution >= 4 is 84.2 Å². The lowest BCUT2D eigenvalue weighted by Crippen LogP contribution is -2.27. The van der Waals surface area contributed by atoms with Gasteiger partial charge in [0.15, 0.2) is 4.90 Å². The van der Waals surface area contributed by atoms with Gasteiger partial charge in [0.1, 0.15) is 17.4 Å². The number of carbonyl (C=O) groups excluding carboxylic acids is 2. The van der Waals surface area contributed by atoms with Gasteiger partial charge in [-0.2, -0.15) is 8.42 Å². The smallest absolute Gasteiger partial charge is 0.333 e. The van der Waals surface area contributed by atoms with E-state index in [1.807, 2.05) is 68.8 Å². The maximum absolute atomic E-state index is 13.9. The average molecular weight is 759 g/mol. The van der Waals surface area contributed by atoms with Gasteiger partial charge in [0.25, 0.3) is 10.1 Å². The summed E-state index contributed by atoms with van der Waals surface area (Å²) in [6, 6.07) is 17.2. The van der Waals surface area contributed by atoms with Crippen molar-refractivity contribution in [1.29, 1.82) is 0 Å². The molecule has 0 fully saturated rings. The molecule has 1 unspecified atom stereocenters. The zero-order valence-corrected chi connectivity index (χ0v) is 31.4. The summed E-state index contributed by atoms with van der Waals surface area (Å²) in [6.07, 6.45) is 7.17. The SMILES string of the molecule is Cc1ccc(S(=O)(=O)O)c(C(C)C(=O)Nc2ccn(-c3nc4c(C)cccc4n3C(=O)Nc3ccc(N(CCCl)CCCl)cc3)c2)c1[S+](C)C. The summed E-state index contributed by atoms with van der Waals surface area (Å²) < 4.78 is 37.8. The average Bonchev–Trinajstić information content (AvgIpc) is 3.69. The predicted octanol–water partition coefficient (Wildman–Crippen LogP) is 7.03. The Hall–Kier alpha value is -4.01. The number of alkyl halides is 2. The molecule has 11 nitrogen and oxygen atoms in total. The zero-order chi connectivity index (χ0) is 36.3. The fourth-order valence-corrected chi connectivity index (χ4v) is 8.66. The molecule has 0 spiro atoms. The summed E-state index contributed by atoms with van der Waals surface area (Å²) in [6.45, 7) is 6.65. The van der Waals surface area contributed by atoms with Crippen LogP contribution in [-0.4, -0.2) is 76.4 Å². The Labute approximate surface area is 304 Å². The second-order valence-corrected chi connectivity index (χ2v) is 16.2. The first-order valence-electron chi connectivity index (χ1n) is 15.7. The third-order valence-electron chi connectivity index (χ3n) is 8.32. The minimum absolute atomic E-state index is 0.269. The monoisotopic (exact) mass is 757 g/mol. The van der Waals surface area contributed by atoms with E-state index in [0.29, 0.717) is 58.1 Å². The van der Waals surface area contributed by atoms with Crippen LogP contribution >= 0.6 is 23.2 Å². The molecule has 0 bridgehead atoms. The Morgan fingerprint density at radius 3 is 2.24 bits per heavy atom. The van der Waals surface area contributed by atoms with Gasteiger partial charge in [-0.15, -0.1) is 23.2 Å². The summed E-state index contributed by atoms with van der Waals surface area (Å²) in [7, 11) is -5.00. The Morgan fingerprint density at radius 1 is 0.940 bits per heavy atom. The van der Waals surface area contributed by atoms with E-state index in [0.717, 1.165) is 16.8 Å². The molecule has 5 aromatic rings. The first kappa shape index (κ1) is 37.3. The number of imidazole rings is 1. The number of rotatable bonds is 12. The second kappa shape index (κ2) is 15.5. The lowest BCUT2D eigenvalue weighted by Gasteiger charge is -2.23. The van der Waals surface area contributed by atoms with E-state index in [-0.39, 0.29) is 10.5 Å². The Kier molecular flexibility index (Phi) is 11.5. The van der Waals surface area contributed by atoms with Crippen molar-refractivity contribution in [2.24, 2.45) is 0 Å². The molecule has 0 aliphatic carbocycles. The van der Waals surface area contributed by atoms with Crippen LogP contribution in [0.15, 0.2) is 82.8 Å². The molecular weight excluding hydrogens is 719 g/mol. The molecule has 15 heteroatoms. The summed E-state index contributed by atoms with van der Waals surface area (Å²) in [5, 5.41) is 5.84. The third-order valence-corrected chi connectivity index (χ3v) is 10.9. The van der Waals surface area contributed by atoms with Crippen molar-refractivity contribution in [1.82, 2.24) is 14.1 Å². The molecule has 50 heavy (non-hydrogen) atoms. The minimum atomic E-state index is -4.59. The number of anilines is 3. The number of hydrogen-bond donors (Lipinski definition) is 3. The van der Waals surface area contributed by atoms with Gasteiger partial charge in [-0.1, -0.05) is 18.2 Å². The summed E-state index contributed by atoms with van der Waals surface area (Å²) in [5.74, 6) is -0.178. The largest absolute Gasteiger partial charge is 0.369 e. The molecule has 2 amide bonds. The Balaban J connectivity index is 1.45. The number of benzene rings is 3. The number of fused-ring (bicyclic) bond motifs is 1. The lowest BCUT2D eigenvalue weighted by molar-refractivity contribution is -0.117. The molecule has 5 rings (SSSR count). The first-order chi connectivity index (χ1) is 23.7. The number of hydrogen-bond acceptors (Lipinski definition) is 6. The lowest BCUT2D eigenvalue weighted by atomic mass is 9.98. The van der Waals surface area contributed by atoms with E-state index >= 15 is 0 Å². The van der Waals surface area contributed by atoms with Crippen LogP contribution < -0.4 is 15.5 Å². The maximum atomic E-state index is 13.9. The third kappa shape index (κ3) is 7.82. The highest BCUT2D eigenvalue weighted by atomic mass is 35.5. The van der Waals surface area contributed by atoms with Crippen LogP contribution in [0, 0.1) is 13.8 Å². The van der Waals surface area contributed by atoms with Gasteiger partial charge in [0.05, 0.1) is 22.6 Å².